The fourth-order valence-corrected chi connectivity index (χ4v) is 3.60. The molecular formula is C11H8BrNOS2. The summed E-state index contributed by atoms with van der Waals surface area (Å²) >= 11 is 6.51. The van der Waals surface area contributed by atoms with Crippen LogP contribution < -0.4 is 0 Å². The number of aldehydes is 1. The number of hydrogen-bond donors (Lipinski definition) is 0. The van der Waals surface area contributed by atoms with Crippen LogP contribution in [0.15, 0.2) is 37.3 Å². The van der Waals surface area contributed by atoms with E-state index < -0.39 is 0 Å². The van der Waals surface area contributed by atoms with E-state index in [1.54, 1.807) is 17.4 Å². The van der Waals surface area contributed by atoms with Gasteiger partial charge in [-0.15, -0.1) is 11.3 Å². The summed E-state index contributed by atoms with van der Waals surface area (Å²) in [5, 5.41) is 2.00. The number of benzene rings is 1. The van der Waals surface area contributed by atoms with E-state index in [-0.39, 0.29) is 0 Å². The Morgan fingerprint density at radius 1 is 1.50 bits per heavy atom. The SMILES string of the molecule is Cc1csc(Sc2cc(Br)ccc2C=O)n1. The minimum atomic E-state index is 0.695. The van der Waals surface area contributed by atoms with Gasteiger partial charge < -0.3 is 0 Å². The van der Waals surface area contributed by atoms with Gasteiger partial charge in [0.2, 0.25) is 0 Å². The topological polar surface area (TPSA) is 30.0 Å². The third-order valence-electron chi connectivity index (χ3n) is 1.90. The molecule has 0 aliphatic heterocycles. The molecule has 0 aliphatic carbocycles. The molecule has 0 spiro atoms. The number of hydrogen-bond acceptors (Lipinski definition) is 4. The molecule has 16 heavy (non-hydrogen) atoms. The Morgan fingerprint density at radius 3 is 2.94 bits per heavy atom. The monoisotopic (exact) mass is 313 g/mol. The van der Waals surface area contributed by atoms with Crippen molar-refractivity contribution in [3.8, 4) is 0 Å². The Bertz CT molecular complexity index is 524. The molecule has 0 N–H and O–H groups in total. The summed E-state index contributed by atoms with van der Waals surface area (Å²) in [4.78, 5) is 16.2. The molecular weight excluding hydrogens is 306 g/mol. The molecule has 0 saturated heterocycles. The van der Waals surface area contributed by atoms with Crippen LogP contribution in [-0.2, 0) is 0 Å². The van der Waals surface area contributed by atoms with Crippen molar-refractivity contribution in [3.63, 3.8) is 0 Å². The number of aryl methyl sites for hydroxylation is 1. The zero-order valence-electron chi connectivity index (χ0n) is 8.44. The molecule has 0 saturated carbocycles. The van der Waals surface area contributed by atoms with E-state index in [0.717, 1.165) is 25.7 Å². The quantitative estimate of drug-likeness (QED) is 0.796. The second-order valence-electron chi connectivity index (χ2n) is 3.16. The fourth-order valence-electron chi connectivity index (χ4n) is 1.17. The summed E-state index contributed by atoms with van der Waals surface area (Å²) in [6.45, 7) is 1.96. The lowest BCUT2D eigenvalue weighted by atomic mass is 10.2. The molecule has 2 nitrogen and oxygen atoms in total. The highest BCUT2D eigenvalue weighted by molar-refractivity contribution is 9.10. The summed E-state index contributed by atoms with van der Waals surface area (Å²) in [6.07, 6.45) is 0.870. The smallest absolute Gasteiger partial charge is 0.154 e. The second kappa shape index (κ2) is 5.12. The van der Waals surface area contributed by atoms with Gasteiger partial charge in [0.1, 0.15) is 0 Å². The maximum Gasteiger partial charge on any atom is 0.154 e. The lowest BCUT2D eigenvalue weighted by Crippen LogP contribution is -1.84. The first-order chi connectivity index (χ1) is 7.69. The van der Waals surface area contributed by atoms with Gasteiger partial charge in [0, 0.05) is 26.0 Å². The number of carbonyl (C=O) groups excluding carboxylic acids is 1. The van der Waals surface area contributed by atoms with Gasteiger partial charge in [0.05, 0.1) is 0 Å². The molecule has 2 aromatic rings. The molecule has 5 heteroatoms. The van der Waals surface area contributed by atoms with Crippen molar-refractivity contribution in [2.45, 2.75) is 16.2 Å². The molecule has 0 bridgehead atoms. The summed E-state index contributed by atoms with van der Waals surface area (Å²) in [5.74, 6) is 0. The van der Waals surface area contributed by atoms with Crippen LogP contribution in [0.2, 0.25) is 0 Å². The Labute approximate surface area is 110 Å². The molecule has 0 radical (unpaired) electrons. The standard InChI is InChI=1S/C11H8BrNOS2/c1-7-6-15-11(13-7)16-10-4-9(12)3-2-8(10)5-14/h2-6H,1H3. The zero-order chi connectivity index (χ0) is 11.5. The number of thiazole rings is 1. The molecule has 1 aromatic carbocycles. The van der Waals surface area contributed by atoms with Gasteiger partial charge in [-0.25, -0.2) is 4.98 Å². The summed E-state index contributed by atoms with van der Waals surface area (Å²) in [5.41, 5.74) is 1.70. The van der Waals surface area contributed by atoms with Crippen LogP contribution in [0.1, 0.15) is 16.1 Å². The average molecular weight is 314 g/mol. The number of halogens is 1. The molecule has 0 fully saturated rings. The van der Waals surface area contributed by atoms with Crippen LogP contribution in [0, 0.1) is 6.92 Å². The first-order valence-electron chi connectivity index (χ1n) is 4.54. The zero-order valence-corrected chi connectivity index (χ0v) is 11.7. The highest BCUT2D eigenvalue weighted by Gasteiger charge is 2.07. The molecule has 2 rings (SSSR count). The van der Waals surface area contributed by atoms with Crippen molar-refractivity contribution in [3.05, 3.63) is 39.3 Å². The lowest BCUT2D eigenvalue weighted by molar-refractivity contribution is 0.112. The van der Waals surface area contributed by atoms with Crippen LogP contribution in [0.3, 0.4) is 0 Å². The van der Waals surface area contributed by atoms with E-state index in [0.29, 0.717) is 5.56 Å². The maximum absolute atomic E-state index is 10.9. The maximum atomic E-state index is 10.9. The van der Waals surface area contributed by atoms with E-state index >= 15 is 0 Å². The Kier molecular flexibility index (Phi) is 3.78. The third kappa shape index (κ3) is 2.72. The van der Waals surface area contributed by atoms with Gasteiger partial charge in [-0.3, -0.25) is 4.79 Å². The molecule has 1 aromatic heterocycles. The van der Waals surface area contributed by atoms with Crippen molar-refractivity contribution in [2.75, 3.05) is 0 Å². The van der Waals surface area contributed by atoms with Crippen molar-refractivity contribution in [1.82, 2.24) is 4.98 Å². The van der Waals surface area contributed by atoms with Crippen LogP contribution >= 0.6 is 39.0 Å². The highest BCUT2D eigenvalue weighted by Crippen LogP contribution is 2.33. The predicted octanol–water partition coefficient (Wildman–Crippen LogP) is 4.18. The molecule has 0 aliphatic rings. The van der Waals surface area contributed by atoms with Crippen LogP contribution in [0.5, 0.6) is 0 Å². The normalized spacial score (nSPS) is 10.4. The summed E-state index contributed by atoms with van der Waals surface area (Å²) in [6, 6.07) is 5.60. The van der Waals surface area contributed by atoms with Gasteiger partial charge in [0.25, 0.3) is 0 Å². The molecule has 1 heterocycles. The van der Waals surface area contributed by atoms with Crippen molar-refractivity contribution < 1.29 is 4.79 Å². The van der Waals surface area contributed by atoms with Crippen molar-refractivity contribution in [2.24, 2.45) is 0 Å². The van der Waals surface area contributed by atoms with Gasteiger partial charge in [-0.05, 0) is 25.1 Å². The van der Waals surface area contributed by atoms with Crippen molar-refractivity contribution in [1.29, 1.82) is 0 Å². The number of rotatable bonds is 3. The summed E-state index contributed by atoms with van der Waals surface area (Å²) in [7, 11) is 0. The Balaban J connectivity index is 2.32. The number of aromatic nitrogens is 1. The molecule has 0 atom stereocenters. The van der Waals surface area contributed by atoms with Gasteiger partial charge >= 0.3 is 0 Å². The van der Waals surface area contributed by atoms with Gasteiger partial charge in [-0.1, -0.05) is 27.7 Å². The van der Waals surface area contributed by atoms with Crippen LogP contribution in [0.4, 0.5) is 0 Å². The minimum Gasteiger partial charge on any atom is -0.298 e. The number of carbonyl (C=O) groups is 1. The van der Waals surface area contributed by atoms with E-state index in [9.17, 15) is 4.79 Å². The minimum absolute atomic E-state index is 0.695. The first kappa shape index (κ1) is 11.8. The number of nitrogens with zero attached hydrogens (tertiary/aromatic N) is 1. The van der Waals surface area contributed by atoms with Gasteiger partial charge in [0.15, 0.2) is 10.6 Å². The Morgan fingerprint density at radius 2 is 2.31 bits per heavy atom. The Hall–Kier alpha value is -0.650. The van der Waals surface area contributed by atoms with E-state index in [1.807, 2.05) is 24.4 Å². The lowest BCUT2D eigenvalue weighted by Gasteiger charge is -2.02. The average Bonchev–Trinajstić information content (AvgIpc) is 2.64. The van der Waals surface area contributed by atoms with Crippen LogP contribution in [0.25, 0.3) is 0 Å². The fraction of sp³-hybridized carbons (Fsp3) is 0.0909. The van der Waals surface area contributed by atoms with Crippen LogP contribution in [-0.4, -0.2) is 11.3 Å². The highest BCUT2D eigenvalue weighted by atomic mass is 79.9. The third-order valence-corrected chi connectivity index (χ3v) is 4.52. The summed E-state index contributed by atoms with van der Waals surface area (Å²) < 4.78 is 1.92. The van der Waals surface area contributed by atoms with Crippen molar-refractivity contribution >= 4 is 45.3 Å². The molecule has 82 valence electrons. The second-order valence-corrected chi connectivity index (χ2v) is 6.22. The van der Waals surface area contributed by atoms with E-state index in [1.165, 1.54) is 11.8 Å². The largest absolute Gasteiger partial charge is 0.298 e. The first-order valence-corrected chi connectivity index (χ1v) is 7.02. The molecule has 0 unspecified atom stereocenters. The predicted molar refractivity (Wildman–Crippen MR) is 70.5 cm³/mol. The van der Waals surface area contributed by atoms with E-state index in [2.05, 4.69) is 20.9 Å². The van der Waals surface area contributed by atoms with E-state index in [4.69, 9.17) is 0 Å². The molecule has 0 amide bonds. The van der Waals surface area contributed by atoms with Gasteiger partial charge in [-0.2, -0.15) is 0 Å².